The summed E-state index contributed by atoms with van der Waals surface area (Å²) in [5, 5.41) is 7.34. The van der Waals surface area contributed by atoms with E-state index in [1.165, 1.54) is 25.1 Å². The van der Waals surface area contributed by atoms with Gasteiger partial charge in [-0.2, -0.15) is 0 Å². The number of sulfonamides is 1. The SMILES string of the molecule is CC#CC(=O)Nc1ccccc1S(N)(=O)=O. The lowest BCUT2D eigenvalue weighted by Crippen LogP contribution is -2.17. The summed E-state index contributed by atoms with van der Waals surface area (Å²) in [6, 6.07) is 5.85. The third-order valence-corrected chi connectivity index (χ3v) is 2.65. The van der Waals surface area contributed by atoms with Crippen LogP contribution >= 0.6 is 0 Å². The van der Waals surface area contributed by atoms with E-state index < -0.39 is 15.9 Å². The maximum absolute atomic E-state index is 11.2. The van der Waals surface area contributed by atoms with Crippen molar-refractivity contribution in [3.63, 3.8) is 0 Å². The third kappa shape index (κ3) is 3.08. The first-order valence-electron chi connectivity index (χ1n) is 4.30. The van der Waals surface area contributed by atoms with Crippen molar-refractivity contribution in [2.24, 2.45) is 5.14 Å². The molecule has 0 aliphatic carbocycles. The second kappa shape index (κ2) is 4.79. The van der Waals surface area contributed by atoms with E-state index in [-0.39, 0.29) is 10.6 Å². The van der Waals surface area contributed by atoms with Gasteiger partial charge in [0.2, 0.25) is 10.0 Å². The van der Waals surface area contributed by atoms with Gasteiger partial charge in [0.1, 0.15) is 4.90 Å². The van der Waals surface area contributed by atoms with Crippen LogP contribution in [0.3, 0.4) is 0 Å². The molecular formula is C10H10N2O3S. The number of hydrogen-bond acceptors (Lipinski definition) is 3. The quantitative estimate of drug-likeness (QED) is 0.726. The molecule has 1 amide bonds. The van der Waals surface area contributed by atoms with E-state index in [0.29, 0.717) is 0 Å². The van der Waals surface area contributed by atoms with Crippen molar-refractivity contribution >= 4 is 21.6 Å². The number of anilines is 1. The van der Waals surface area contributed by atoms with Crippen LogP contribution in [0.5, 0.6) is 0 Å². The summed E-state index contributed by atoms with van der Waals surface area (Å²) in [5.41, 5.74) is 0.123. The fourth-order valence-electron chi connectivity index (χ4n) is 1.09. The number of para-hydroxylation sites is 1. The molecule has 0 saturated carbocycles. The highest BCUT2D eigenvalue weighted by Gasteiger charge is 2.13. The van der Waals surface area contributed by atoms with Crippen molar-refractivity contribution in [3.05, 3.63) is 24.3 Å². The fourth-order valence-corrected chi connectivity index (χ4v) is 1.78. The highest BCUT2D eigenvalue weighted by molar-refractivity contribution is 7.89. The number of carbonyl (C=O) groups is 1. The van der Waals surface area contributed by atoms with Crippen LogP contribution in [0.15, 0.2) is 29.2 Å². The van der Waals surface area contributed by atoms with E-state index in [0.717, 1.165) is 0 Å². The van der Waals surface area contributed by atoms with Crippen molar-refractivity contribution in [1.82, 2.24) is 0 Å². The Kier molecular flexibility index (Phi) is 3.66. The van der Waals surface area contributed by atoms with Crippen LogP contribution in [0.1, 0.15) is 6.92 Å². The van der Waals surface area contributed by atoms with Crippen molar-refractivity contribution in [3.8, 4) is 11.8 Å². The summed E-state index contributed by atoms with van der Waals surface area (Å²) in [6.07, 6.45) is 0. The summed E-state index contributed by atoms with van der Waals surface area (Å²) >= 11 is 0. The molecule has 0 aromatic heterocycles. The van der Waals surface area contributed by atoms with Gasteiger partial charge in [0.25, 0.3) is 5.91 Å². The summed E-state index contributed by atoms with van der Waals surface area (Å²) in [7, 11) is -3.86. The van der Waals surface area contributed by atoms with Crippen LogP contribution in [0.4, 0.5) is 5.69 Å². The number of nitrogens with two attached hydrogens (primary N) is 1. The molecule has 16 heavy (non-hydrogen) atoms. The molecule has 0 aliphatic rings. The fraction of sp³-hybridized carbons (Fsp3) is 0.100. The van der Waals surface area contributed by atoms with E-state index in [9.17, 15) is 13.2 Å². The normalized spacial score (nSPS) is 10.1. The first kappa shape index (κ1) is 12.2. The number of carbonyl (C=O) groups excluding carboxylic acids is 1. The lowest BCUT2D eigenvalue weighted by atomic mass is 10.3. The maximum Gasteiger partial charge on any atom is 0.300 e. The van der Waals surface area contributed by atoms with Gasteiger partial charge < -0.3 is 5.32 Å². The van der Waals surface area contributed by atoms with Crippen LogP contribution in [-0.4, -0.2) is 14.3 Å². The van der Waals surface area contributed by atoms with E-state index in [4.69, 9.17) is 5.14 Å². The van der Waals surface area contributed by atoms with Gasteiger partial charge in [0, 0.05) is 0 Å². The van der Waals surface area contributed by atoms with Crippen LogP contribution in [0.25, 0.3) is 0 Å². The largest absolute Gasteiger partial charge is 0.314 e. The number of nitrogens with one attached hydrogen (secondary N) is 1. The first-order valence-corrected chi connectivity index (χ1v) is 5.85. The predicted octanol–water partition coefficient (Wildman–Crippen LogP) is 0.296. The number of hydrogen-bond donors (Lipinski definition) is 2. The molecule has 0 radical (unpaired) electrons. The Balaban J connectivity index is 3.14. The van der Waals surface area contributed by atoms with E-state index >= 15 is 0 Å². The zero-order valence-corrected chi connectivity index (χ0v) is 9.34. The Morgan fingerprint density at radius 2 is 2.00 bits per heavy atom. The summed E-state index contributed by atoms with van der Waals surface area (Å²) in [4.78, 5) is 11.0. The van der Waals surface area contributed by atoms with E-state index in [1.54, 1.807) is 6.07 Å². The highest BCUT2D eigenvalue weighted by Crippen LogP contribution is 2.18. The smallest absolute Gasteiger partial charge is 0.300 e. The molecule has 0 saturated heterocycles. The molecule has 3 N–H and O–H groups in total. The summed E-state index contributed by atoms with van der Waals surface area (Å²) in [6.45, 7) is 1.51. The standard InChI is InChI=1S/C10H10N2O3S/c1-2-5-10(13)12-8-6-3-4-7-9(8)16(11,14)15/h3-4,6-7H,1H3,(H,12,13)(H2,11,14,15). The number of benzene rings is 1. The average molecular weight is 238 g/mol. The van der Waals surface area contributed by atoms with Gasteiger partial charge in [-0.05, 0) is 25.0 Å². The average Bonchev–Trinajstić information content (AvgIpc) is 2.17. The minimum Gasteiger partial charge on any atom is -0.314 e. The Morgan fingerprint density at radius 3 is 2.56 bits per heavy atom. The lowest BCUT2D eigenvalue weighted by molar-refractivity contribution is -0.111. The molecule has 0 fully saturated rings. The molecule has 1 rings (SSSR count). The van der Waals surface area contributed by atoms with Gasteiger partial charge in [-0.15, -0.1) is 0 Å². The molecule has 1 aromatic carbocycles. The molecule has 84 valence electrons. The van der Waals surface area contributed by atoms with Crippen molar-refractivity contribution in [2.45, 2.75) is 11.8 Å². The third-order valence-electron chi connectivity index (χ3n) is 1.68. The lowest BCUT2D eigenvalue weighted by Gasteiger charge is -2.06. The minimum atomic E-state index is -3.86. The van der Waals surface area contributed by atoms with Gasteiger partial charge in [-0.3, -0.25) is 4.79 Å². The second-order valence-corrected chi connectivity index (χ2v) is 4.40. The van der Waals surface area contributed by atoms with Crippen LogP contribution < -0.4 is 10.5 Å². The van der Waals surface area contributed by atoms with Crippen molar-refractivity contribution in [2.75, 3.05) is 5.32 Å². The molecule has 0 atom stereocenters. The Hall–Kier alpha value is -1.84. The zero-order chi connectivity index (χ0) is 12.2. The molecule has 6 heteroatoms. The first-order chi connectivity index (χ1) is 7.45. The molecule has 0 spiro atoms. The highest BCUT2D eigenvalue weighted by atomic mass is 32.2. The molecule has 0 aliphatic heterocycles. The van der Waals surface area contributed by atoms with Gasteiger partial charge in [0.15, 0.2) is 0 Å². The topological polar surface area (TPSA) is 89.3 Å². The summed E-state index contributed by atoms with van der Waals surface area (Å²) < 4.78 is 22.4. The van der Waals surface area contributed by atoms with Gasteiger partial charge in [0.05, 0.1) is 5.69 Å². The summed E-state index contributed by atoms with van der Waals surface area (Å²) in [5.74, 6) is 4.06. The predicted molar refractivity (Wildman–Crippen MR) is 59.9 cm³/mol. The molecular weight excluding hydrogens is 228 g/mol. The monoisotopic (exact) mass is 238 g/mol. The Bertz CT molecular complexity index is 567. The van der Waals surface area contributed by atoms with Gasteiger partial charge in [-0.1, -0.05) is 18.1 Å². The molecule has 5 nitrogen and oxygen atoms in total. The van der Waals surface area contributed by atoms with Gasteiger partial charge in [-0.25, -0.2) is 13.6 Å². The van der Waals surface area contributed by atoms with Crippen molar-refractivity contribution < 1.29 is 13.2 Å². The van der Waals surface area contributed by atoms with E-state index in [2.05, 4.69) is 17.2 Å². The van der Waals surface area contributed by atoms with Gasteiger partial charge >= 0.3 is 0 Å². The van der Waals surface area contributed by atoms with Crippen LogP contribution in [0.2, 0.25) is 0 Å². The second-order valence-electron chi connectivity index (χ2n) is 2.87. The number of rotatable bonds is 2. The molecule has 1 aromatic rings. The maximum atomic E-state index is 11.2. The molecule has 0 unspecified atom stereocenters. The van der Waals surface area contributed by atoms with E-state index in [1.807, 2.05) is 0 Å². The Labute approximate surface area is 93.7 Å². The van der Waals surface area contributed by atoms with Crippen molar-refractivity contribution in [1.29, 1.82) is 0 Å². The Morgan fingerprint density at radius 1 is 1.38 bits per heavy atom. The minimum absolute atomic E-state index is 0.123. The number of amides is 1. The van der Waals surface area contributed by atoms with Crippen LogP contribution in [-0.2, 0) is 14.8 Å². The van der Waals surface area contributed by atoms with Crippen LogP contribution in [0, 0.1) is 11.8 Å². The number of primary sulfonamides is 1. The molecule has 0 heterocycles. The zero-order valence-electron chi connectivity index (χ0n) is 8.52. The molecule has 0 bridgehead atoms.